The summed E-state index contributed by atoms with van der Waals surface area (Å²) >= 11 is 0. The highest BCUT2D eigenvalue weighted by Gasteiger charge is 2.23. The Morgan fingerprint density at radius 1 is 1.38 bits per heavy atom. The van der Waals surface area contributed by atoms with E-state index in [0.29, 0.717) is 31.1 Å². The molecule has 7 nitrogen and oxygen atoms in total. The molecule has 3 rings (SSSR count). The largest absolute Gasteiger partial charge is 0.481 e. The van der Waals surface area contributed by atoms with Crippen molar-refractivity contribution in [2.45, 2.75) is 12.8 Å². The molecule has 1 aliphatic rings. The monoisotopic (exact) mass is 356 g/mol. The minimum Gasteiger partial charge on any atom is -0.481 e. The smallest absolute Gasteiger partial charge is 0.252 e. The highest BCUT2D eigenvalue weighted by molar-refractivity contribution is 6.06. The Labute approximate surface area is 152 Å². The zero-order chi connectivity index (χ0) is 18.5. The first-order chi connectivity index (χ1) is 12.6. The molecule has 3 N–H and O–H groups in total. The number of amides is 2. The summed E-state index contributed by atoms with van der Waals surface area (Å²) in [7, 11) is 1.53. The standard InChI is InChI=1S/C19H24N4O3/c1-26-17-11-15(14-6-2-3-7-16(14)22-17)19(25)21-8-10-23-9-4-5-13(12-23)18(20)24/h2-3,6-7,11,13H,4-5,8-10,12H2,1H3,(H2,20,24)(H,21,25)/t13-/m1/s1. The van der Waals surface area contributed by atoms with E-state index in [9.17, 15) is 9.59 Å². The van der Waals surface area contributed by atoms with Crippen LogP contribution in [0.25, 0.3) is 10.9 Å². The molecule has 138 valence electrons. The summed E-state index contributed by atoms with van der Waals surface area (Å²) in [6.07, 6.45) is 1.80. The first-order valence-corrected chi connectivity index (χ1v) is 8.82. The third-order valence-corrected chi connectivity index (χ3v) is 4.77. The second-order valence-electron chi connectivity index (χ2n) is 6.53. The van der Waals surface area contributed by atoms with Crippen LogP contribution >= 0.6 is 0 Å². The number of piperidine rings is 1. The van der Waals surface area contributed by atoms with Gasteiger partial charge in [0, 0.05) is 31.1 Å². The fraction of sp³-hybridized carbons (Fsp3) is 0.421. The molecule has 26 heavy (non-hydrogen) atoms. The third kappa shape index (κ3) is 4.11. The lowest BCUT2D eigenvalue weighted by molar-refractivity contribution is -0.123. The van der Waals surface area contributed by atoms with Crippen LogP contribution in [0.3, 0.4) is 0 Å². The Morgan fingerprint density at radius 2 is 2.19 bits per heavy atom. The number of methoxy groups -OCH3 is 1. The number of ether oxygens (including phenoxy) is 1. The fourth-order valence-corrected chi connectivity index (χ4v) is 3.36. The summed E-state index contributed by atoms with van der Waals surface area (Å²) in [5, 5.41) is 3.74. The van der Waals surface area contributed by atoms with Crippen LogP contribution in [0.2, 0.25) is 0 Å². The molecule has 0 bridgehead atoms. The number of likely N-dealkylation sites (tertiary alicyclic amines) is 1. The zero-order valence-corrected chi connectivity index (χ0v) is 14.9. The van der Waals surface area contributed by atoms with Crippen molar-refractivity contribution in [3.05, 3.63) is 35.9 Å². The summed E-state index contributed by atoms with van der Waals surface area (Å²) in [5.41, 5.74) is 6.67. The van der Waals surface area contributed by atoms with Gasteiger partial charge in [-0.25, -0.2) is 4.98 Å². The van der Waals surface area contributed by atoms with Crippen LogP contribution in [0.5, 0.6) is 5.88 Å². The lowest BCUT2D eigenvalue weighted by atomic mass is 9.97. The van der Waals surface area contributed by atoms with Gasteiger partial charge in [0.2, 0.25) is 11.8 Å². The van der Waals surface area contributed by atoms with Gasteiger partial charge < -0.3 is 20.7 Å². The maximum absolute atomic E-state index is 12.7. The van der Waals surface area contributed by atoms with E-state index in [1.54, 1.807) is 6.07 Å². The maximum atomic E-state index is 12.7. The van der Waals surface area contributed by atoms with Gasteiger partial charge in [-0.3, -0.25) is 9.59 Å². The predicted octanol–water partition coefficient (Wildman–Crippen LogP) is 1.17. The third-order valence-electron chi connectivity index (χ3n) is 4.77. The van der Waals surface area contributed by atoms with Crippen molar-refractivity contribution in [3.8, 4) is 5.88 Å². The lowest BCUT2D eigenvalue weighted by Gasteiger charge is -2.31. The van der Waals surface area contributed by atoms with E-state index in [1.807, 2.05) is 24.3 Å². The van der Waals surface area contributed by atoms with Crippen molar-refractivity contribution < 1.29 is 14.3 Å². The van der Waals surface area contributed by atoms with Crippen molar-refractivity contribution >= 4 is 22.7 Å². The number of aromatic nitrogens is 1. The molecule has 1 aromatic heterocycles. The van der Waals surface area contributed by atoms with Crippen molar-refractivity contribution in [3.63, 3.8) is 0 Å². The van der Waals surface area contributed by atoms with E-state index in [1.165, 1.54) is 7.11 Å². The minimum absolute atomic E-state index is 0.0899. The minimum atomic E-state index is -0.242. The Kier molecular flexibility index (Phi) is 5.68. The van der Waals surface area contributed by atoms with Crippen LogP contribution in [-0.2, 0) is 4.79 Å². The highest BCUT2D eigenvalue weighted by Crippen LogP contribution is 2.22. The normalized spacial score (nSPS) is 17.8. The Hall–Kier alpha value is -2.67. The highest BCUT2D eigenvalue weighted by atomic mass is 16.5. The first kappa shape index (κ1) is 18.1. The average Bonchev–Trinajstić information content (AvgIpc) is 2.67. The van der Waals surface area contributed by atoms with Crippen LogP contribution < -0.4 is 15.8 Å². The van der Waals surface area contributed by atoms with Crippen molar-refractivity contribution in [1.82, 2.24) is 15.2 Å². The molecule has 2 amide bonds. The molecular formula is C19H24N4O3. The second kappa shape index (κ2) is 8.14. The van der Waals surface area contributed by atoms with Gasteiger partial charge in [-0.1, -0.05) is 18.2 Å². The summed E-state index contributed by atoms with van der Waals surface area (Å²) in [4.78, 5) is 30.5. The van der Waals surface area contributed by atoms with Gasteiger partial charge in [-0.05, 0) is 25.5 Å². The second-order valence-corrected chi connectivity index (χ2v) is 6.53. The first-order valence-electron chi connectivity index (χ1n) is 8.82. The molecule has 0 saturated carbocycles. The number of hydrogen-bond donors (Lipinski definition) is 2. The van der Waals surface area contributed by atoms with Crippen LogP contribution in [0.1, 0.15) is 23.2 Å². The van der Waals surface area contributed by atoms with Gasteiger partial charge in [0.1, 0.15) is 0 Å². The molecule has 7 heteroatoms. The number of nitrogens with two attached hydrogens (primary N) is 1. The van der Waals surface area contributed by atoms with Gasteiger partial charge >= 0.3 is 0 Å². The van der Waals surface area contributed by atoms with Crippen LogP contribution in [0, 0.1) is 5.92 Å². The number of para-hydroxylation sites is 1. The topological polar surface area (TPSA) is 97.5 Å². The zero-order valence-electron chi connectivity index (χ0n) is 14.9. The lowest BCUT2D eigenvalue weighted by Crippen LogP contribution is -2.44. The maximum Gasteiger partial charge on any atom is 0.252 e. The molecule has 0 aliphatic carbocycles. The molecule has 1 atom stereocenters. The van der Waals surface area contributed by atoms with Crippen LogP contribution in [0.4, 0.5) is 0 Å². The van der Waals surface area contributed by atoms with E-state index in [0.717, 1.165) is 30.3 Å². The molecule has 1 aliphatic heterocycles. The summed E-state index contributed by atoms with van der Waals surface area (Å²) in [6, 6.07) is 9.14. The molecule has 1 saturated heterocycles. The molecule has 0 spiro atoms. The number of benzene rings is 1. The number of pyridine rings is 1. The molecular weight excluding hydrogens is 332 g/mol. The van der Waals surface area contributed by atoms with Gasteiger partial charge in [0.15, 0.2) is 0 Å². The number of fused-ring (bicyclic) bond motifs is 1. The number of hydrogen-bond acceptors (Lipinski definition) is 5. The van der Waals surface area contributed by atoms with E-state index >= 15 is 0 Å². The van der Waals surface area contributed by atoms with Crippen molar-refractivity contribution in [2.24, 2.45) is 11.7 Å². The van der Waals surface area contributed by atoms with Crippen LogP contribution in [-0.4, -0.2) is 55.0 Å². The average molecular weight is 356 g/mol. The number of nitrogens with zero attached hydrogens (tertiary/aromatic N) is 2. The quantitative estimate of drug-likeness (QED) is 0.810. The van der Waals surface area contributed by atoms with Crippen molar-refractivity contribution in [2.75, 3.05) is 33.3 Å². The van der Waals surface area contributed by atoms with E-state index in [4.69, 9.17) is 10.5 Å². The number of carbonyl (C=O) groups is 2. The molecule has 2 aromatic rings. The van der Waals surface area contributed by atoms with E-state index in [2.05, 4.69) is 15.2 Å². The molecule has 0 radical (unpaired) electrons. The van der Waals surface area contributed by atoms with Gasteiger partial charge in [-0.2, -0.15) is 0 Å². The van der Waals surface area contributed by atoms with Gasteiger partial charge in [0.05, 0.1) is 24.1 Å². The summed E-state index contributed by atoms with van der Waals surface area (Å²) in [5.74, 6) is -0.0820. The van der Waals surface area contributed by atoms with E-state index < -0.39 is 0 Å². The Bertz CT molecular complexity index is 808. The SMILES string of the molecule is COc1cc(C(=O)NCCN2CCC[C@@H](C(N)=O)C2)c2ccccc2n1. The molecule has 2 heterocycles. The number of carbonyl (C=O) groups excluding carboxylic acids is 2. The number of rotatable bonds is 6. The summed E-state index contributed by atoms with van der Waals surface area (Å²) in [6.45, 7) is 2.78. The Balaban J connectivity index is 1.63. The fourth-order valence-electron chi connectivity index (χ4n) is 3.36. The van der Waals surface area contributed by atoms with Crippen molar-refractivity contribution in [1.29, 1.82) is 0 Å². The van der Waals surface area contributed by atoms with Crippen LogP contribution in [0.15, 0.2) is 30.3 Å². The number of primary amides is 1. The molecule has 0 unspecified atom stereocenters. The summed E-state index contributed by atoms with van der Waals surface area (Å²) < 4.78 is 5.20. The van der Waals surface area contributed by atoms with Gasteiger partial charge in [-0.15, -0.1) is 0 Å². The van der Waals surface area contributed by atoms with Gasteiger partial charge in [0.25, 0.3) is 5.91 Å². The van der Waals surface area contributed by atoms with E-state index in [-0.39, 0.29) is 17.7 Å². The number of nitrogens with one attached hydrogen (secondary N) is 1. The Morgan fingerprint density at radius 3 is 2.96 bits per heavy atom. The molecule has 1 aromatic carbocycles. The molecule has 1 fully saturated rings. The predicted molar refractivity (Wildman–Crippen MR) is 99.0 cm³/mol.